The molecule has 16 nitrogen and oxygen atoms in total. The molecule has 7 heterocycles. The summed E-state index contributed by atoms with van der Waals surface area (Å²) in [5.74, 6) is -2.74. The van der Waals surface area contributed by atoms with Gasteiger partial charge in [-0.3, -0.25) is 14.5 Å². The molecule has 2 aromatic heterocycles. The number of halogens is 3. The normalized spacial score (nSPS) is 22.3. The van der Waals surface area contributed by atoms with Gasteiger partial charge in [0.15, 0.2) is 11.6 Å². The van der Waals surface area contributed by atoms with Gasteiger partial charge in [-0.05, 0) is 103 Å². The van der Waals surface area contributed by atoms with Crippen LogP contribution in [-0.4, -0.2) is 134 Å². The zero-order valence-electron chi connectivity index (χ0n) is 35.4. The second-order valence-corrected chi connectivity index (χ2v) is 20.0. The number of likely N-dealkylation sites (tertiary alicyclic amines) is 1. The third-order valence-corrected chi connectivity index (χ3v) is 15.8. The second-order valence-electron chi connectivity index (χ2n) is 17.8. The highest BCUT2D eigenvalue weighted by Crippen LogP contribution is 2.36. The van der Waals surface area contributed by atoms with Crippen molar-refractivity contribution in [2.45, 2.75) is 89.1 Å². The number of benzene rings is 2. The van der Waals surface area contributed by atoms with Crippen molar-refractivity contribution in [3.05, 3.63) is 69.8 Å². The topological polar surface area (TPSA) is 174 Å². The van der Waals surface area contributed by atoms with E-state index in [1.54, 1.807) is 17.3 Å². The fourth-order valence-electron chi connectivity index (χ4n) is 10.2. The van der Waals surface area contributed by atoms with E-state index < -0.39 is 56.5 Å². The molecule has 2 atom stereocenters. The maximum absolute atomic E-state index is 15.5. The van der Waals surface area contributed by atoms with Gasteiger partial charge in [0.1, 0.15) is 28.9 Å². The van der Waals surface area contributed by atoms with Crippen LogP contribution in [0.3, 0.4) is 0 Å². The van der Waals surface area contributed by atoms with Crippen LogP contribution in [0, 0.1) is 35.2 Å². The van der Waals surface area contributed by atoms with Crippen LogP contribution in [0.2, 0.25) is 0 Å². The number of aromatic nitrogens is 4. The molecule has 20 heteroatoms. The summed E-state index contributed by atoms with van der Waals surface area (Å²) in [5, 5.41) is 2.73. The van der Waals surface area contributed by atoms with Crippen molar-refractivity contribution in [1.82, 2.24) is 33.6 Å². The molecular formula is C43H50F3N10O6S+. The fourth-order valence-corrected chi connectivity index (χ4v) is 12.1. The van der Waals surface area contributed by atoms with Gasteiger partial charge >= 0.3 is 5.91 Å². The standard InChI is InChI=1S/C43H50F3N10O6S/c1-24(2)55-25(3)48-40-34(45)16-27(17-37(40)55)39-35(46)20-47-43(50-39)49-28-7-14-53(15-8-28)63(61,62)30-9-11-51(12-10-30)21-26-6-13-52(22-26)36-19-32-31(18-33(36)44)41(58)56(42(32)59)29-4-5-38(57)54(60)23-29/h16-20,24,26,28-30H,4-15,21-23H2,1-3H3,(H,47,49,50)/q+1. The largest absolute Gasteiger partial charge is 0.433 e. The molecule has 4 fully saturated rings. The third-order valence-electron chi connectivity index (χ3n) is 13.4. The number of amides is 3. The number of fused-ring (bicyclic) bond motifs is 2. The number of sulfonamides is 1. The third kappa shape index (κ3) is 7.98. The quantitative estimate of drug-likeness (QED) is 0.166. The molecule has 3 amide bonds. The number of hydrogen-bond acceptors (Lipinski definition) is 12. The van der Waals surface area contributed by atoms with Crippen molar-refractivity contribution in [2.75, 3.05) is 62.6 Å². The fraction of sp³-hybridized carbons (Fsp3) is 0.535. The van der Waals surface area contributed by atoms with E-state index in [0.29, 0.717) is 82.8 Å². The average Bonchev–Trinajstić information content (AvgIpc) is 3.93. The SMILES string of the molecule is Cc1nc2c(F)cc(-c3nc(NC4CCN(S(=O)(=O)C5CCN(CC6CCN(c7cc8c(cc7F)C(=O)N(C7CCC(=O)[N+](=O)C7)C8=O)C6)CC5)CC4)ncc3F)cc2n1C(C)C. The van der Waals surface area contributed by atoms with E-state index in [9.17, 15) is 27.7 Å². The van der Waals surface area contributed by atoms with E-state index in [1.165, 1.54) is 12.1 Å². The molecule has 63 heavy (non-hydrogen) atoms. The van der Waals surface area contributed by atoms with Gasteiger partial charge in [0.05, 0.1) is 45.0 Å². The minimum atomic E-state index is -3.57. The highest BCUT2D eigenvalue weighted by Gasteiger charge is 2.47. The molecule has 334 valence electrons. The van der Waals surface area contributed by atoms with Crippen LogP contribution in [0.1, 0.15) is 91.4 Å². The lowest BCUT2D eigenvalue weighted by atomic mass is 10.1. The molecule has 0 bridgehead atoms. The lowest BCUT2D eigenvalue weighted by molar-refractivity contribution is -0.481. The van der Waals surface area contributed by atoms with Gasteiger partial charge in [-0.15, -0.1) is 0 Å². The summed E-state index contributed by atoms with van der Waals surface area (Å²) >= 11 is 0. The van der Waals surface area contributed by atoms with Crippen LogP contribution < -0.4 is 10.2 Å². The second kappa shape index (κ2) is 16.7. The molecular weight excluding hydrogens is 842 g/mol. The molecule has 0 saturated carbocycles. The van der Waals surface area contributed by atoms with E-state index in [2.05, 4.69) is 25.2 Å². The molecule has 0 spiro atoms. The smallest absolute Gasteiger partial charge is 0.369 e. The summed E-state index contributed by atoms with van der Waals surface area (Å²) in [6.45, 7) is 9.04. The summed E-state index contributed by atoms with van der Waals surface area (Å²) in [5.41, 5.74) is 1.24. The van der Waals surface area contributed by atoms with Gasteiger partial charge < -0.3 is 19.7 Å². The zero-order chi connectivity index (χ0) is 44.5. The number of nitrogens with one attached hydrogen (secondary N) is 1. The molecule has 4 saturated heterocycles. The Balaban J connectivity index is 0.762. The van der Waals surface area contributed by atoms with Crippen molar-refractivity contribution >= 4 is 50.4 Å². The number of carbonyl (C=O) groups is 3. The number of imidazole rings is 1. The van der Waals surface area contributed by atoms with Crippen LogP contribution in [0.5, 0.6) is 0 Å². The maximum Gasteiger partial charge on any atom is 0.433 e. The molecule has 5 aliphatic heterocycles. The number of imide groups is 1. The van der Waals surface area contributed by atoms with Gasteiger partial charge in [-0.1, -0.05) is 0 Å². The van der Waals surface area contributed by atoms with E-state index in [0.717, 1.165) is 23.6 Å². The first-order valence-corrected chi connectivity index (χ1v) is 23.2. The number of anilines is 2. The summed E-state index contributed by atoms with van der Waals surface area (Å²) in [6, 6.07) is 4.51. The van der Waals surface area contributed by atoms with E-state index in [-0.39, 0.29) is 81.7 Å². The Bertz CT molecular complexity index is 2640. The number of hydrogen-bond donors (Lipinski definition) is 1. The lowest BCUT2D eigenvalue weighted by Crippen LogP contribution is -2.49. The van der Waals surface area contributed by atoms with E-state index in [1.807, 2.05) is 23.3 Å². The zero-order valence-corrected chi connectivity index (χ0v) is 36.2. The molecule has 2 aromatic carbocycles. The van der Waals surface area contributed by atoms with Crippen LogP contribution in [0.4, 0.5) is 24.8 Å². The first kappa shape index (κ1) is 42.9. The van der Waals surface area contributed by atoms with Crippen LogP contribution >= 0.6 is 0 Å². The number of nitrogens with zero attached hydrogens (tertiary/aromatic N) is 9. The van der Waals surface area contributed by atoms with Crippen LogP contribution in [0.25, 0.3) is 22.3 Å². The van der Waals surface area contributed by atoms with Gasteiger partial charge in [0.25, 0.3) is 11.8 Å². The minimum absolute atomic E-state index is 0.00591. The van der Waals surface area contributed by atoms with Crippen molar-refractivity contribution < 1.29 is 40.7 Å². The van der Waals surface area contributed by atoms with Crippen molar-refractivity contribution in [2.24, 2.45) is 5.92 Å². The molecule has 9 rings (SSSR count). The summed E-state index contributed by atoms with van der Waals surface area (Å²) in [4.78, 5) is 68.2. The number of carbonyl (C=O) groups excluding carboxylic acids is 3. The Hall–Kier alpha value is -5.34. The molecule has 5 aliphatic rings. The highest BCUT2D eigenvalue weighted by molar-refractivity contribution is 7.89. The molecule has 4 aromatic rings. The first-order chi connectivity index (χ1) is 30.1. The molecule has 2 unspecified atom stereocenters. The first-order valence-electron chi connectivity index (χ1n) is 21.7. The van der Waals surface area contributed by atoms with Gasteiger partial charge in [0.2, 0.25) is 22.5 Å². The predicted molar refractivity (Wildman–Crippen MR) is 226 cm³/mol. The summed E-state index contributed by atoms with van der Waals surface area (Å²) < 4.78 is 77.2. The summed E-state index contributed by atoms with van der Waals surface area (Å²) in [6.07, 6.45) is 3.90. The van der Waals surface area contributed by atoms with Gasteiger partial charge in [-0.2, -0.15) is 0 Å². The van der Waals surface area contributed by atoms with Crippen molar-refractivity contribution in [1.29, 1.82) is 0 Å². The van der Waals surface area contributed by atoms with Crippen molar-refractivity contribution in [3.63, 3.8) is 0 Å². The molecule has 0 aliphatic carbocycles. The molecule has 0 radical (unpaired) electrons. The number of piperidine rings is 3. The average molecular weight is 892 g/mol. The summed E-state index contributed by atoms with van der Waals surface area (Å²) in [7, 11) is -3.57. The predicted octanol–water partition coefficient (Wildman–Crippen LogP) is 5.06. The minimum Gasteiger partial charge on any atom is -0.369 e. The Morgan fingerprint density at radius 3 is 2.27 bits per heavy atom. The maximum atomic E-state index is 15.5. The van der Waals surface area contributed by atoms with Crippen LogP contribution in [-0.2, 0) is 14.8 Å². The van der Waals surface area contributed by atoms with Crippen molar-refractivity contribution in [3.8, 4) is 11.3 Å². The monoisotopic (exact) mass is 891 g/mol. The Labute approximate surface area is 362 Å². The number of nitroso groups, excluding NO2 is 1. The Morgan fingerprint density at radius 1 is 0.857 bits per heavy atom. The van der Waals surface area contributed by atoms with E-state index >= 15 is 13.2 Å². The van der Waals surface area contributed by atoms with Crippen LogP contribution in [0.15, 0.2) is 30.5 Å². The highest BCUT2D eigenvalue weighted by atomic mass is 32.2. The van der Waals surface area contributed by atoms with E-state index in [4.69, 9.17) is 0 Å². The lowest BCUT2D eigenvalue weighted by Gasteiger charge is -2.38. The number of aryl methyl sites for hydroxylation is 1. The number of rotatable bonds is 10. The van der Waals surface area contributed by atoms with Gasteiger partial charge in [-0.25, -0.2) is 45.6 Å². The Morgan fingerprint density at radius 2 is 1.57 bits per heavy atom. The Kier molecular flexibility index (Phi) is 11.4. The van der Waals surface area contributed by atoms with Gasteiger partial charge in [0, 0.05) is 55.3 Å². The molecule has 1 N–H and O–H groups in total.